The molecule has 0 atom stereocenters. The van der Waals surface area contributed by atoms with E-state index in [2.05, 4.69) is 4.90 Å². The van der Waals surface area contributed by atoms with Crippen molar-refractivity contribution >= 4 is 11.4 Å². The molecule has 1 aliphatic rings. The number of nitrogens with zero attached hydrogens (tertiary/aromatic N) is 2. The summed E-state index contributed by atoms with van der Waals surface area (Å²) in [6.07, 6.45) is 3.84. The number of furan rings is 1. The van der Waals surface area contributed by atoms with Gasteiger partial charge in [0.15, 0.2) is 0 Å². The first-order chi connectivity index (χ1) is 10.2. The highest BCUT2D eigenvalue weighted by Crippen LogP contribution is 2.35. The molecule has 1 heterocycles. The third-order valence-electron chi connectivity index (χ3n) is 3.66. The maximum atomic E-state index is 10.9. The van der Waals surface area contributed by atoms with Crippen LogP contribution in [0.2, 0.25) is 0 Å². The van der Waals surface area contributed by atoms with Crippen molar-refractivity contribution in [1.29, 1.82) is 0 Å². The topological polar surface area (TPSA) is 79.8 Å². The lowest BCUT2D eigenvalue weighted by Gasteiger charge is -2.24. The minimum atomic E-state index is -0.469. The maximum Gasteiger partial charge on any atom is 0.275 e. The molecule has 0 aliphatic heterocycles. The van der Waals surface area contributed by atoms with Crippen LogP contribution in [-0.4, -0.2) is 16.1 Å². The van der Waals surface area contributed by atoms with Gasteiger partial charge in [-0.05, 0) is 37.1 Å². The first kappa shape index (κ1) is 13.6. The van der Waals surface area contributed by atoms with Crippen LogP contribution >= 0.6 is 0 Å². The lowest BCUT2D eigenvalue weighted by Crippen LogP contribution is -2.24. The number of benzene rings is 1. The number of nitro benzene ring substituents is 1. The van der Waals surface area contributed by atoms with Crippen LogP contribution < -0.4 is 4.90 Å². The van der Waals surface area contributed by atoms with Crippen LogP contribution in [0.15, 0.2) is 41.0 Å². The lowest BCUT2D eigenvalue weighted by molar-refractivity contribution is -0.385. The zero-order chi connectivity index (χ0) is 14.8. The maximum absolute atomic E-state index is 10.9. The second-order valence-electron chi connectivity index (χ2n) is 5.17. The van der Waals surface area contributed by atoms with Gasteiger partial charge in [0.1, 0.15) is 5.76 Å². The molecule has 1 aliphatic carbocycles. The van der Waals surface area contributed by atoms with Crippen molar-refractivity contribution < 1.29 is 14.4 Å². The molecule has 6 heteroatoms. The van der Waals surface area contributed by atoms with Crippen molar-refractivity contribution in [3.8, 4) is 0 Å². The van der Waals surface area contributed by atoms with Gasteiger partial charge in [0.2, 0.25) is 0 Å². The Morgan fingerprint density at radius 1 is 1.38 bits per heavy atom. The standard InChI is InChI=1S/C15H16N2O4/c18-10-11-8-13(5-6-15(11)17(19)20)16(12-3-4-12)9-14-2-1-7-21-14/h1-2,5-8,12,18H,3-4,9-10H2. The summed E-state index contributed by atoms with van der Waals surface area (Å²) < 4.78 is 5.38. The fraction of sp³-hybridized carbons (Fsp3) is 0.333. The summed E-state index contributed by atoms with van der Waals surface area (Å²) >= 11 is 0. The zero-order valence-electron chi connectivity index (χ0n) is 11.4. The molecule has 0 saturated heterocycles. The molecular weight excluding hydrogens is 272 g/mol. The van der Waals surface area contributed by atoms with E-state index in [0.717, 1.165) is 24.3 Å². The summed E-state index contributed by atoms with van der Waals surface area (Å²) in [6.45, 7) is 0.282. The Kier molecular flexibility index (Phi) is 3.62. The normalized spacial score (nSPS) is 14.1. The number of aliphatic hydroxyl groups is 1. The minimum Gasteiger partial charge on any atom is -0.467 e. The monoisotopic (exact) mass is 288 g/mol. The lowest BCUT2D eigenvalue weighted by atomic mass is 10.1. The molecular formula is C15H16N2O4. The minimum absolute atomic E-state index is 0.0463. The molecule has 1 aromatic carbocycles. The largest absolute Gasteiger partial charge is 0.467 e. The summed E-state index contributed by atoms with van der Waals surface area (Å²) in [5.74, 6) is 0.853. The Morgan fingerprint density at radius 3 is 2.76 bits per heavy atom. The van der Waals surface area contributed by atoms with Gasteiger partial charge in [0.05, 0.1) is 29.9 Å². The van der Waals surface area contributed by atoms with E-state index in [9.17, 15) is 15.2 Å². The molecule has 3 rings (SSSR count). The van der Waals surface area contributed by atoms with Crippen LogP contribution in [0.5, 0.6) is 0 Å². The van der Waals surface area contributed by atoms with Crippen LogP contribution in [0, 0.1) is 10.1 Å². The first-order valence-corrected chi connectivity index (χ1v) is 6.86. The quantitative estimate of drug-likeness (QED) is 0.653. The van der Waals surface area contributed by atoms with Crippen molar-refractivity contribution in [3.63, 3.8) is 0 Å². The van der Waals surface area contributed by atoms with Gasteiger partial charge >= 0.3 is 0 Å². The molecule has 0 amide bonds. The Morgan fingerprint density at radius 2 is 2.19 bits per heavy atom. The number of rotatable bonds is 6. The van der Waals surface area contributed by atoms with Crippen LogP contribution in [-0.2, 0) is 13.2 Å². The molecule has 1 fully saturated rings. The molecule has 0 bridgehead atoms. The van der Waals surface area contributed by atoms with E-state index in [0.29, 0.717) is 18.2 Å². The molecule has 0 unspecified atom stereocenters. The fourth-order valence-corrected chi connectivity index (χ4v) is 2.44. The van der Waals surface area contributed by atoms with E-state index < -0.39 is 4.92 Å². The highest BCUT2D eigenvalue weighted by molar-refractivity contribution is 5.56. The van der Waals surface area contributed by atoms with Crippen molar-refractivity contribution in [2.75, 3.05) is 4.90 Å². The Hall–Kier alpha value is -2.34. The molecule has 0 radical (unpaired) electrons. The van der Waals surface area contributed by atoms with Gasteiger partial charge < -0.3 is 14.4 Å². The second kappa shape index (κ2) is 5.57. The zero-order valence-corrected chi connectivity index (χ0v) is 11.4. The summed E-state index contributed by atoms with van der Waals surface area (Å²) in [7, 11) is 0. The van der Waals surface area contributed by atoms with Crippen molar-refractivity contribution in [2.45, 2.75) is 32.0 Å². The number of hydrogen-bond donors (Lipinski definition) is 1. The summed E-state index contributed by atoms with van der Waals surface area (Å²) in [5.41, 5.74) is 1.17. The van der Waals surface area contributed by atoms with Crippen molar-refractivity contribution in [2.24, 2.45) is 0 Å². The third-order valence-corrected chi connectivity index (χ3v) is 3.66. The number of hydrogen-bond acceptors (Lipinski definition) is 5. The molecule has 2 aromatic rings. The number of nitro groups is 1. The van der Waals surface area contributed by atoms with E-state index >= 15 is 0 Å². The smallest absolute Gasteiger partial charge is 0.275 e. The highest BCUT2D eigenvalue weighted by Gasteiger charge is 2.30. The summed E-state index contributed by atoms with van der Waals surface area (Å²) in [4.78, 5) is 12.6. The van der Waals surface area contributed by atoms with E-state index in [1.807, 2.05) is 12.1 Å². The van der Waals surface area contributed by atoms with Crippen LogP contribution in [0.1, 0.15) is 24.2 Å². The second-order valence-corrected chi connectivity index (χ2v) is 5.17. The third kappa shape index (κ3) is 2.90. The average molecular weight is 288 g/mol. The fourth-order valence-electron chi connectivity index (χ4n) is 2.44. The Bertz CT molecular complexity index is 635. The molecule has 1 saturated carbocycles. The molecule has 110 valence electrons. The molecule has 21 heavy (non-hydrogen) atoms. The van der Waals surface area contributed by atoms with Gasteiger partial charge in [-0.25, -0.2) is 0 Å². The van der Waals surface area contributed by atoms with E-state index in [4.69, 9.17) is 4.42 Å². The van der Waals surface area contributed by atoms with Crippen LogP contribution in [0.3, 0.4) is 0 Å². The van der Waals surface area contributed by atoms with E-state index in [1.54, 1.807) is 18.4 Å². The number of anilines is 1. The molecule has 0 spiro atoms. The van der Waals surface area contributed by atoms with Crippen molar-refractivity contribution in [1.82, 2.24) is 0 Å². The van der Waals surface area contributed by atoms with Gasteiger partial charge in [-0.2, -0.15) is 0 Å². The molecule has 1 aromatic heterocycles. The predicted octanol–water partition coefficient (Wildman–Crippen LogP) is 2.85. The molecule has 1 N–H and O–H groups in total. The first-order valence-electron chi connectivity index (χ1n) is 6.86. The van der Waals surface area contributed by atoms with E-state index in [1.165, 1.54) is 6.07 Å². The Labute approximate surface area is 121 Å². The average Bonchev–Trinajstić information content (AvgIpc) is 3.20. The van der Waals surface area contributed by atoms with Crippen LogP contribution in [0.25, 0.3) is 0 Å². The highest BCUT2D eigenvalue weighted by atomic mass is 16.6. The van der Waals surface area contributed by atoms with Gasteiger partial charge in [-0.15, -0.1) is 0 Å². The van der Waals surface area contributed by atoms with Gasteiger partial charge in [0, 0.05) is 17.8 Å². The van der Waals surface area contributed by atoms with Crippen molar-refractivity contribution in [3.05, 3.63) is 58.0 Å². The van der Waals surface area contributed by atoms with Crippen LogP contribution in [0.4, 0.5) is 11.4 Å². The molecule has 6 nitrogen and oxygen atoms in total. The summed E-state index contributed by atoms with van der Waals surface area (Å²) in [5, 5.41) is 20.3. The predicted molar refractivity (Wildman–Crippen MR) is 76.9 cm³/mol. The van der Waals surface area contributed by atoms with E-state index in [-0.39, 0.29) is 12.3 Å². The van der Waals surface area contributed by atoms with Gasteiger partial charge in [0.25, 0.3) is 5.69 Å². The summed E-state index contributed by atoms with van der Waals surface area (Å²) in [6, 6.07) is 9.07. The van der Waals surface area contributed by atoms with Gasteiger partial charge in [-0.1, -0.05) is 0 Å². The van der Waals surface area contributed by atoms with Gasteiger partial charge in [-0.3, -0.25) is 10.1 Å². The number of aliphatic hydroxyl groups excluding tert-OH is 1. The Balaban J connectivity index is 1.90. The SMILES string of the molecule is O=[N+]([O-])c1ccc(N(Cc2ccco2)C2CC2)cc1CO.